The van der Waals surface area contributed by atoms with Gasteiger partial charge in [0.15, 0.2) is 0 Å². The fourth-order valence-corrected chi connectivity index (χ4v) is 2.91. The third kappa shape index (κ3) is 8.75. The molecule has 134 valence electrons. The van der Waals surface area contributed by atoms with E-state index in [2.05, 4.69) is 27.4 Å². The number of hydrogen-bond acceptors (Lipinski definition) is 4. The Bertz CT molecular complexity index is 283. The number of piperazine rings is 1. The first-order chi connectivity index (χ1) is 9.28. The van der Waals surface area contributed by atoms with Gasteiger partial charge in [-0.1, -0.05) is 6.92 Å². The Morgan fingerprint density at radius 3 is 2.32 bits per heavy atom. The van der Waals surface area contributed by atoms with Crippen LogP contribution < -0.4 is 10.6 Å². The summed E-state index contributed by atoms with van der Waals surface area (Å²) in [6.45, 7) is 10.8. The van der Waals surface area contributed by atoms with Crippen LogP contribution in [0.3, 0.4) is 0 Å². The van der Waals surface area contributed by atoms with Gasteiger partial charge in [0.05, 0.1) is 0 Å². The predicted molar refractivity (Wildman–Crippen MR) is 98.9 cm³/mol. The van der Waals surface area contributed by atoms with Gasteiger partial charge in [0.2, 0.25) is 5.91 Å². The number of hydrogen-bond donors (Lipinski definition) is 2. The zero-order valence-electron chi connectivity index (χ0n) is 13.4. The molecule has 2 aliphatic rings. The summed E-state index contributed by atoms with van der Waals surface area (Å²) in [5.74, 6) is 0.201. The standard InChI is InChI=1S/C14H28N4O.3ClH/c1-2-17-8-10-18(11-9-17)7-6-16-14(19)12-13-4-3-5-15-13;;;/h13,15H,2-12H2,1H3,(H,16,19);3*1H. The first-order valence-corrected chi connectivity index (χ1v) is 7.72. The second-order valence-corrected chi connectivity index (χ2v) is 5.62. The molecule has 0 aliphatic carbocycles. The molecule has 0 radical (unpaired) electrons. The van der Waals surface area contributed by atoms with Crippen LogP contribution in [0.2, 0.25) is 0 Å². The van der Waals surface area contributed by atoms with Crippen molar-refractivity contribution < 1.29 is 4.79 Å². The molecule has 0 aromatic carbocycles. The van der Waals surface area contributed by atoms with Crippen molar-refractivity contribution in [2.24, 2.45) is 0 Å². The highest BCUT2D eigenvalue weighted by molar-refractivity contribution is 5.86. The second kappa shape index (κ2) is 13.6. The van der Waals surface area contributed by atoms with Crippen LogP contribution in [0.1, 0.15) is 26.2 Å². The molecule has 0 spiro atoms. The molecule has 2 saturated heterocycles. The first kappa shape index (κ1) is 24.5. The van der Waals surface area contributed by atoms with E-state index in [0.717, 1.165) is 58.8 Å². The predicted octanol–water partition coefficient (Wildman–Crippen LogP) is 1.15. The monoisotopic (exact) mass is 376 g/mol. The lowest BCUT2D eigenvalue weighted by Gasteiger charge is -2.33. The molecule has 1 unspecified atom stereocenters. The first-order valence-electron chi connectivity index (χ1n) is 7.72. The number of likely N-dealkylation sites (N-methyl/N-ethyl adjacent to an activating group) is 1. The number of nitrogens with one attached hydrogen (secondary N) is 2. The molecule has 2 heterocycles. The van der Waals surface area contributed by atoms with Gasteiger partial charge >= 0.3 is 0 Å². The lowest BCUT2D eigenvalue weighted by Crippen LogP contribution is -2.48. The molecule has 2 N–H and O–H groups in total. The summed E-state index contributed by atoms with van der Waals surface area (Å²) in [5.41, 5.74) is 0. The summed E-state index contributed by atoms with van der Waals surface area (Å²) in [6, 6.07) is 0.410. The van der Waals surface area contributed by atoms with E-state index >= 15 is 0 Å². The number of carbonyl (C=O) groups excluding carboxylic acids is 1. The molecule has 0 bridgehead atoms. The summed E-state index contributed by atoms with van der Waals surface area (Å²) in [6.07, 6.45) is 3.00. The normalized spacial score (nSPS) is 22.1. The Labute approximate surface area is 153 Å². The van der Waals surface area contributed by atoms with Crippen molar-refractivity contribution in [3.8, 4) is 0 Å². The fraction of sp³-hybridized carbons (Fsp3) is 0.929. The second-order valence-electron chi connectivity index (χ2n) is 5.62. The lowest BCUT2D eigenvalue weighted by molar-refractivity contribution is -0.121. The molecule has 1 atom stereocenters. The average Bonchev–Trinajstić information content (AvgIpc) is 2.92. The molecule has 1 amide bonds. The molecule has 2 fully saturated rings. The van der Waals surface area contributed by atoms with Crippen molar-refractivity contribution >= 4 is 43.1 Å². The Hall–Kier alpha value is 0.220. The van der Waals surface area contributed by atoms with Gasteiger partial charge < -0.3 is 15.5 Å². The van der Waals surface area contributed by atoms with E-state index in [4.69, 9.17) is 0 Å². The van der Waals surface area contributed by atoms with E-state index in [9.17, 15) is 4.79 Å². The SMILES string of the molecule is CCN1CCN(CCNC(=O)CC2CCCN2)CC1.Cl.Cl.Cl. The Kier molecular flexibility index (Phi) is 15.2. The van der Waals surface area contributed by atoms with E-state index in [1.807, 2.05) is 0 Å². The van der Waals surface area contributed by atoms with Crippen molar-refractivity contribution in [1.82, 2.24) is 20.4 Å². The minimum absolute atomic E-state index is 0. The van der Waals surface area contributed by atoms with Crippen molar-refractivity contribution in [3.63, 3.8) is 0 Å². The number of rotatable bonds is 6. The van der Waals surface area contributed by atoms with Crippen LogP contribution in [0.15, 0.2) is 0 Å². The molecular formula is C14H31Cl3N4O. The molecule has 0 aromatic rings. The molecule has 8 heteroatoms. The van der Waals surface area contributed by atoms with E-state index in [0.29, 0.717) is 12.5 Å². The summed E-state index contributed by atoms with van der Waals surface area (Å²) in [5, 5.41) is 6.41. The summed E-state index contributed by atoms with van der Waals surface area (Å²) >= 11 is 0. The van der Waals surface area contributed by atoms with Crippen LogP contribution in [0.25, 0.3) is 0 Å². The number of amides is 1. The van der Waals surface area contributed by atoms with Gasteiger partial charge in [-0.05, 0) is 25.9 Å². The van der Waals surface area contributed by atoms with E-state index < -0.39 is 0 Å². The van der Waals surface area contributed by atoms with Crippen LogP contribution in [0, 0.1) is 0 Å². The third-order valence-electron chi connectivity index (χ3n) is 4.26. The van der Waals surface area contributed by atoms with Crippen LogP contribution in [0.4, 0.5) is 0 Å². The largest absolute Gasteiger partial charge is 0.355 e. The molecule has 0 saturated carbocycles. The summed E-state index contributed by atoms with van der Waals surface area (Å²) in [4.78, 5) is 16.7. The molecule has 22 heavy (non-hydrogen) atoms. The van der Waals surface area contributed by atoms with Crippen LogP contribution >= 0.6 is 37.2 Å². The van der Waals surface area contributed by atoms with Crippen LogP contribution in [-0.2, 0) is 4.79 Å². The number of nitrogens with zero attached hydrogens (tertiary/aromatic N) is 2. The lowest BCUT2D eigenvalue weighted by atomic mass is 10.1. The minimum Gasteiger partial charge on any atom is -0.355 e. The van der Waals surface area contributed by atoms with Crippen molar-refractivity contribution in [2.45, 2.75) is 32.2 Å². The van der Waals surface area contributed by atoms with Gasteiger partial charge in [-0.2, -0.15) is 0 Å². The quantitative estimate of drug-likeness (QED) is 0.729. The zero-order chi connectivity index (χ0) is 13.5. The summed E-state index contributed by atoms with van der Waals surface area (Å²) < 4.78 is 0. The van der Waals surface area contributed by atoms with Gasteiger partial charge in [0.25, 0.3) is 0 Å². The molecule has 2 aliphatic heterocycles. The molecule has 2 rings (SSSR count). The molecule has 5 nitrogen and oxygen atoms in total. The van der Waals surface area contributed by atoms with Crippen molar-refractivity contribution in [2.75, 3.05) is 52.4 Å². The maximum Gasteiger partial charge on any atom is 0.221 e. The number of halogens is 3. The third-order valence-corrected chi connectivity index (χ3v) is 4.26. The minimum atomic E-state index is 0. The van der Waals surface area contributed by atoms with Gasteiger partial charge in [-0.15, -0.1) is 37.2 Å². The van der Waals surface area contributed by atoms with Gasteiger partial charge in [-0.25, -0.2) is 0 Å². The van der Waals surface area contributed by atoms with Crippen molar-refractivity contribution in [3.05, 3.63) is 0 Å². The maximum atomic E-state index is 11.8. The van der Waals surface area contributed by atoms with E-state index in [-0.39, 0.29) is 43.1 Å². The zero-order valence-corrected chi connectivity index (χ0v) is 15.8. The summed E-state index contributed by atoms with van der Waals surface area (Å²) in [7, 11) is 0. The number of carbonyl (C=O) groups is 1. The van der Waals surface area contributed by atoms with Gasteiger partial charge in [0, 0.05) is 51.7 Å². The fourth-order valence-electron chi connectivity index (χ4n) is 2.91. The van der Waals surface area contributed by atoms with Crippen LogP contribution in [0.5, 0.6) is 0 Å². The Morgan fingerprint density at radius 1 is 1.14 bits per heavy atom. The smallest absolute Gasteiger partial charge is 0.221 e. The van der Waals surface area contributed by atoms with E-state index in [1.165, 1.54) is 6.42 Å². The van der Waals surface area contributed by atoms with Gasteiger partial charge in [-0.3, -0.25) is 9.69 Å². The van der Waals surface area contributed by atoms with E-state index in [1.54, 1.807) is 0 Å². The molecule has 0 aromatic heterocycles. The van der Waals surface area contributed by atoms with Crippen LogP contribution in [-0.4, -0.2) is 74.1 Å². The van der Waals surface area contributed by atoms with Crippen molar-refractivity contribution in [1.29, 1.82) is 0 Å². The Morgan fingerprint density at radius 2 is 1.77 bits per heavy atom. The highest BCUT2D eigenvalue weighted by Gasteiger charge is 2.18. The highest BCUT2D eigenvalue weighted by Crippen LogP contribution is 2.08. The Balaban J connectivity index is 0. The molecular weight excluding hydrogens is 347 g/mol. The highest BCUT2D eigenvalue weighted by atomic mass is 35.5. The topological polar surface area (TPSA) is 47.6 Å². The average molecular weight is 378 g/mol. The maximum absolute atomic E-state index is 11.8. The van der Waals surface area contributed by atoms with Gasteiger partial charge in [0.1, 0.15) is 0 Å².